The molecule has 6 heteroatoms. The number of likely N-dealkylation sites (tertiary alicyclic amines) is 1. The number of rotatable bonds is 7. The van der Waals surface area contributed by atoms with Crippen molar-refractivity contribution in [3.63, 3.8) is 0 Å². The van der Waals surface area contributed by atoms with E-state index in [0.717, 1.165) is 13.1 Å². The molecule has 0 radical (unpaired) electrons. The number of piperidine rings is 1. The first-order valence-electron chi connectivity index (χ1n) is 6.88. The lowest BCUT2D eigenvalue weighted by molar-refractivity contribution is 0.169. The molecular formula is C12H27N3O2S. The van der Waals surface area contributed by atoms with E-state index >= 15 is 0 Å². The first kappa shape index (κ1) is 15.9. The van der Waals surface area contributed by atoms with Crippen molar-refractivity contribution < 1.29 is 8.42 Å². The van der Waals surface area contributed by atoms with Crippen LogP contribution in [0.4, 0.5) is 0 Å². The van der Waals surface area contributed by atoms with Crippen LogP contribution in [0.15, 0.2) is 0 Å². The van der Waals surface area contributed by atoms with Crippen LogP contribution >= 0.6 is 0 Å². The summed E-state index contributed by atoms with van der Waals surface area (Å²) in [6.45, 7) is 8.64. The van der Waals surface area contributed by atoms with Gasteiger partial charge in [-0.3, -0.25) is 0 Å². The van der Waals surface area contributed by atoms with E-state index in [-0.39, 0.29) is 5.75 Å². The van der Waals surface area contributed by atoms with Gasteiger partial charge in [0.25, 0.3) is 0 Å². The van der Waals surface area contributed by atoms with Gasteiger partial charge in [0.05, 0.1) is 5.75 Å². The summed E-state index contributed by atoms with van der Waals surface area (Å²) in [4.78, 5) is 2.48. The van der Waals surface area contributed by atoms with E-state index in [0.29, 0.717) is 18.4 Å². The van der Waals surface area contributed by atoms with Gasteiger partial charge in [0.1, 0.15) is 0 Å². The zero-order valence-electron chi connectivity index (χ0n) is 11.6. The monoisotopic (exact) mass is 277 g/mol. The molecule has 0 aliphatic carbocycles. The fourth-order valence-corrected chi connectivity index (χ4v) is 3.09. The summed E-state index contributed by atoms with van der Waals surface area (Å²) in [6, 6.07) is 0.462. The topological polar surface area (TPSA) is 75.4 Å². The highest BCUT2D eigenvalue weighted by Gasteiger charge is 2.22. The summed E-state index contributed by atoms with van der Waals surface area (Å²) in [7, 11) is -3.30. The molecule has 108 valence electrons. The molecule has 0 aromatic carbocycles. The second-order valence-corrected chi connectivity index (χ2v) is 6.97. The fraction of sp³-hybridized carbons (Fsp3) is 1.00. The Balaban J connectivity index is 2.15. The van der Waals surface area contributed by atoms with E-state index in [1.165, 1.54) is 25.9 Å². The molecule has 1 saturated heterocycles. The number of nitrogens with zero attached hydrogens (tertiary/aromatic N) is 1. The van der Waals surface area contributed by atoms with E-state index in [2.05, 4.69) is 24.1 Å². The molecule has 1 fully saturated rings. The Hall–Kier alpha value is -0.170. The number of sulfonamides is 1. The van der Waals surface area contributed by atoms with E-state index in [1.807, 2.05) is 0 Å². The first-order valence-corrected chi connectivity index (χ1v) is 8.60. The predicted octanol–water partition coefficient (Wildman–Crippen LogP) is 0.375. The van der Waals surface area contributed by atoms with Crippen molar-refractivity contribution in [1.82, 2.24) is 10.2 Å². The molecule has 1 rings (SSSR count). The molecule has 0 aromatic heterocycles. The summed E-state index contributed by atoms with van der Waals surface area (Å²) in [6.07, 6.45) is 3.06. The number of nitrogens with two attached hydrogens (primary N) is 1. The molecule has 0 aromatic rings. The molecule has 1 unspecified atom stereocenters. The first-order chi connectivity index (χ1) is 8.42. The smallest absolute Gasteiger partial charge is 0.209 e. The number of hydrogen-bond acceptors (Lipinski definition) is 4. The van der Waals surface area contributed by atoms with Crippen LogP contribution in [0.1, 0.15) is 33.1 Å². The van der Waals surface area contributed by atoms with Gasteiger partial charge in [0.2, 0.25) is 10.0 Å². The molecule has 0 spiro atoms. The maximum Gasteiger partial charge on any atom is 0.209 e. The SMILES string of the molecule is CCN1CCC(C(C)NCCCS(N)(=O)=O)CC1. The van der Waals surface area contributed by atoms with Gasteiger partial charge in [-0.1, -0.05) is 6.92 Å². The second-order valence-electron chi connectivity index (χ2n) is 5.24. The Bertz CT molecular complexity index is 324. The van der Waals surface area contributed by atoms with Gasteiger partial charge in [0, 0.05) is 6.04 Å². The Morgan fingerprint density at radius 2 is 2.00 bits per heavy atom. The van der Waals surface area contributed by atoms with Crippen LogP contribution in [-0.4, -0.2) is 51.3 Å². The van der Waals surface area contributed by atoms with Crippen LogP contribution in [0.2, 0.25) is 0 Å². The summed E-state index contributed by atoms with van der Waals surface area (Å²) < 4.78 is 21.6. The minimum Gasteiger partial charge on any atom is -0.314 e. The van der Waals surface area contributed by atoms with Crippen LogP contribution < -0.4 is 10.5 Å². The minimum absolute atomic E-state index is 0.0704. The summed E-state index contributed by atoms with van der Waals surface area (Å²) in [5.41, 5.74) is 0. The maximum absolute atomic E-state index is 10.8. The van der Waals surface area contributed by atoms with Crippen LogP contribution in [0.3, 0.4) is 0 Å². The van der Waals surface area contributed by atoms with Crippen LogP contribution in [0, 0.1) is 5.92 Å². The van der Waals surface area contributed by atoms with E-state index in [9.17, 15) is 8.42 Å². The number of nitrogens with one attached hydrogen (secondary N) is 1. The molecule has 0 amide bonds. The number of primary sulfonamides is 1. The largest absolute Gasteiger partial charge is 0.314 e. The van der Waals surface area contributed by atoms with Gasteiger partial charge in [-0.2, -0.15) is 0 Å². The molecular weight excluding hydrogens is 250 g/mol. The van der Waals surface area contributed by atoms with Crippen molar-refractivity contribution in [2.75, 3.05) is 31.9 Å². The van der Waals surface area contributed by atoms with E-state index in [1.54, 1.807) is 0 Å². The molecule has 0 bridgehead atoms. The molecule has 0 saturated carbocycles. The normalized spacial score (nSPS) is 21.1. The van der Waals surface area contributed by atoms with Crippen molar-refractivity contribution >= 4 is 10.0 Å². The predicted molar refractivity (Wildman–Crippen MR) is 74.9 cm³/mol. The lowest BCUT2D eigenvalue weighted by atomic mass is 9.90. The molecule has 5 nitrogen and oxygen atoms in total. The lowest BCUT2D eigenvalue weighted by Crippen LogP contribution is -2.42. The third-order valence-electron chi connectivity index (χ3n) is 3.86. The van der Waals surface area contributed by atoms with E-state index in [4.69, 9.17) is 5.14 Å². The quantitative estimate of drug-likeness (QED) is 0.660. The highest BCUT2D eigenvalue weighted by atomic mass is 32.2. The molecule has 1 aliphatic rings. The van der Waals surface area contributed by atoms with Gasteiger partial charge in [-0.15, -0.1) is 0 Å². The molecule has 1 atom stereocenters. The maximum atomic E-state index is 10.8. The number of hydrogen-bond donors (Lipinski definition) is 2. The van der Waals surface area contributed by atoms with Crippen molar-refractivity contribution in [2.45, 2.75) is 39.2 Å². The van der Waals surface area contributed by atoms with Crippen molar-refractivity contribution in [2.24, 2.45) is 11.1 Å². The Labute approximate surface area is 111 Å². The van der Waals surface area contributed by atoms with Crippen LogP contribution in [0.25, 0.3) is 0 Å². The standard InChI is InChI=1S/C12H27N3O2S/c1-3-15-8-5-12(6-9-15)11(2)14-7-4-10-18(13,16)17/h11-12,14H,3-10H2,1-2H3,(H2,13,16,17). The highest BCUT2D eigenvalue weighted by molar-refractivity contribution is 7.89. The van der Waals surface area contributed by atoms with Crippen molar-refractivity contribution in [1.29, 1.82) is 0 Å². The molecule has 3 N–H and O–H groups in total. The molecule has 18 heavy (non-hydrogen) atoms. The Morgan fingerprint density at radius 1 is 1.39 bits per heavy atom. The Morgan fingerprint density at radius 3 is 2.50 bits per heavy atom. The zero-order chi connectivity index (χ0) is 13.6. The second kappa shape index (κ2) is 7.43. The fourth-order valence-electron chi connectivity index (χ4n) is 2.54. The third kappa shape index (κ3) is 6.13. The summed E-state index contributed by atoms with van der Waals surface area (Å²) >= 11 is 0. The van der Waals surface area contributed by atoms with Crippen molar-refractivity contribution in [3.05, 3.63) is 0 Å². The highest BCUT2D eigenvalue weighted by Crippen LogP contribution is 2.20. The zero-order valence-corrected chi connectivity index (χ0v) is 12.4. The van der Waals surface area contributed by atoms with Crippen molar-refractivity contribution in [3.8, 4) is 0 Å². The molecule has 1 aliphatic heterocycles. The molecule has 1 heterocycles. The van der Waals surface area contributed by atoms with Gasteiger partial charge in [-0.05, 0) is 58.3 Å². The van der Waals surface area contributed by atoms with E-state index < -0.39 is 10.0 Å². The average molecular weight is 277 g/mol. The third-order valence-corrected chi connectivity index (χ3v) is 4.72. The van der Waals surface area contributed by atoms with Crippen LogP contribution in [0.5, 0.6) is 0 Å². The van der Waals surface area contributed by atoms with Crippen LogP contribution in [-0.2, 0) is 10.0 Å². The van der Waals surface area contributed by atoms with Gasteiger partial charge in [0.15, 0.2) is 0 Å². The average Bonchev–Trinajstić information content (AvgIpc) is 2.33. The summed E-state index contributed by atoms with van der Waals surface area (Å²) in [5, 5.41) is 8.38. The van der Waals surface area contributed by atoms with Gasteiger partial charge < -0.3 is 10.2 Å². The lowest BCUT2D eigenvalue weighted by Gasteiger charge is -2.34. The summed E-state index contributed by atoms with van der Waals surface area (Å²) in [5.74, 6) is 0.781. The Kier molecular flexibility index (Phi) is 6.55. The van der Waals surface area contributed by atoms with Gasteiger partial charge >= 0.3 is 0 Å². The minimum atomic E-state index is -3.30. The van der Waals surface area contributed by atoms with Gasteiger partial charge in [-0.25, -0.2) is 13.6 Å².